The van der Waals surface area contributed by atoms with Gasteiger partial charge >= 0.3 is 12.1 Å². The molecule has 0 unspecified atom stereocenters. The minimum Gasteiger partial charge on any atom is -0.456 e. The number of carbonyl (C=O) groups is 2. The predicted octanol–water partition coefficient (Wildman–Crippen LogP) is 2.97. The monoisotopic (exact) mass is 419 g/mol. The third kappa shape index (κ3) is 5.02. The third-order valence-corrected chi connectivity index (χ3v) is 4.12. The van der Waals surface area contributed by atoms with E-state index >= 15 is 0 Å². The number of hydrogen-bond donors (Lipinski definition) is 1. The average molecular weight is 419 g/mol. The molecule has 0 atom stereocenters. The van der Waals surface area contributed by atoms with Crippen molar-refractivity contribution >= 4 is 28.5 Å². The fourth-order valence-electron chi connectivity index (χ4n) is 2.76. The molecule has 0 spiro atoms. The van der Waals surface area contributed by atoms with E-state index in [1.807, 2.05) is 0 Å². The highest BCUT2D eigenvalue weighted by Crippen LogP contribution is 2.29. The summed E-state index contributed by atoms with van der Waals surface area (Å²) >= 11 is 0. The van der Waals surface area contributed by atoms with Crippen LogP contribution in [0.15, 0.2) is 53.6 Å². The quantitative estimate of drug-likeness (QED) is 0.643. The maximum absolute atomic E-state index is 12.9. The molecule has 0 bridgehead atoms. The molecule has 0 aliphatic carbocycles. The number of benzene rings is 2. The second kappa shape index (κ2) is 8.36. The second-order valence-electron chi connectivity index (χ2n) is 6.44. The van der Waals surface area contributed by atoms with Gasteiger partial charge in [0.25, 0.3) is 11.5 Å². The Bertz CT molecular complexity index is 1170. The Balaban J connectivity index is 1.87. The summed E-state index contributed by atoms with van der Waals surface area (Å²) in [6, 6.07) is 9.13. The SMILES string of the molecule is CC(=O)OCC(=O)Nc1ccc2ncn(Cc3cccc(C(F)(F)F)c3)c(=O)c2c1. The van der Waals surface area contributed by atoms with Crippen molar-refractivity contribution in [3.05, 3.63) is 70.3 Å². The summed E-state index contributed by atoms with van der Waals surface area (Å²) in [7, 11) is 0. The molecule has 0 saturated carbocycles. The lowest BCUT2D eigenvalue weighted by Crippen LogP contribution is -2.22. The van der Waals surface area contributed by atoms with Crippen LogP contribution in [0.5, 0.6) is 0 Å². The van der Waals surface area contributed by atoms with Crippen LogP contribution in [-0.2, 0) is 27.0 Å². The molecule has 1 N–H and O–H groups in total. The topological polar surface area (TPSA) is 90.3 Å². The van der Waals surface area contributed by atoms with Gasteiger partial charge in [-0.25, -0.2) is 4.98 Å². The largest absolute Gasteiger partial charge is 0.456 e. The normalized spacial score (nSPS) is 11.3. The number of nitrogens with zero attached hydrogens (tertiary/aromatic N) is 2. The van der Waals surface area contributed by atoms with Gasteiger partial charge < -0.3 is 10.1 Å². The molecule has 2 aromatic carbocycles. The zero-order valence-corrected chi connectivity index (χ0v) is 15.7. The van der Waals surface area contributed by atoms with E-state index in [0.717, 1.165) is 12.1 Å². The lowest BCUT2D eigenvalue weighted by molar-refractivity contribution is -0.145. The van der Waals surface area contributed by atoms with Crippen LogP contribution < -0.4 is 10.9 Å². The van der Waals surface area contributed by atoms with Gasteiger partial charge in [-0.3, -0.25) is 19.0 Å². The number of hydrogen-bond acceptors (Lipinski definition) is 5. The van der Waals surface area contributed by atoms with Gasteiger partial charge in [0.05, 0.1) is 29.3 Å². The third-order valence-electron chi connectivity index (χ3n) is 4.12. The number of anilines is 1. The first-order valence-electron chi connectivity index (χ1n) is 8.72. The number of alkyl halides is 3. The Kier molecular flexibility index (Phi) is 5.86. The number of nitrogens with one attached hydrogen (secondary N) is 1. The molecule has 1 amide bonds. The second-order valence-corrected chi connectivity index (χ2v) is 6.44. The summed E-state index contributed by atoms with van der Waals surface area (Å²) in [6.45, 7) is 0.594. The zero-order chi connectivity index (χ0) is 21.9. The van der Waals surface area contributed by atoms with Crippen molar-refractivity contribution in [1.29, 1.82) is 0 Å². The number of aromatic nitrogens is 2. The number of esters is 1. The lowest BCUT2D eigenvalue weighted by Gasteiger charge is -2.11. The molecule has 10 heteroatoms. The predicted molar refractivity (Wildman–Crippen MR) is 102 cm³/mol. The number of halogens is 3. The van der Waals surface area contributed by atoms with Gasteiger partial charge in [0.15, 0.2) is 6.61 Å². The Morgan fingerprint density at radius 3 is 2.63 bits per heavy atom. The van der Waals surface area contributed by atoms with Crippen LogP contribution in [0.25, 0.3) is 10.9 Å². The number of carbonyl (C=O) groups excluding carboxylic acids is 2. The van der Waals surface area contributed by atoms with E-state index < -0.39 is 35.8 Å². The summed E-state index contributed by atoms with van der Waals surface area (Å²) in [5.41, 5.74) is -0.347. The van der Waals surface area contributed by atoms with E-state index in [-0.39, 0.29) is 17.6 Å². The van der Waals surface area contributed by atoms with Crippen molar-refractivity contribution < 1.29 is 27.5 Å². The van der Waals surface area contributed by atoms with Gasteiger partial charge in [-0.1, -0.05) is 12.1 Å². The lowest BCUT2D eigenvalue weighted by atomic mass is 10.1. The van der Waals surface area contributed by atoms with E-state index in [0.29, 0.717) is 11.1 Å². The Hall–Kier alpha value is -3.69. The molecule has 1 heterocycles. The van der Waals surface area contributed by atoms with Gasteiger partial charge in [-0.15, -0.1) is 0 Å². The molecule has 3 rings (SSSR count). The number of ether oxygens (including phenoxy) is 1. The van der Waals surface area contributed by atoms with Crippen molar-refractivity contribution in [1.82, 2.24) is 9.55 Å². The maximum Gasteiger partial charge on any atom is 0.416 e. The Morgan fingerprint density at radius 1 is 1.17 bits per heavy atom. The highest BCUT2D eigenvalue weighted by Gasteiger charge is 2.30. The van der Waals surface area contributed by atoms with Crippen LogP contribution in [0.2, 0.25) is 0 Å². The molecule has 1 aromatic heterocycles. The zero-order valence-electron chi connectivity index (χ0n) is 15.7. The van der Waals surface area contributed by atoms with Crippen molar-refractivity contribution in [3.63, 3.8) is 0 Å². The first kappa shape index (κ1) is 21.0. The van der Waals surface area contributed by atoms with Gasteiger partial charge in [0, 0.05) is 12.6 Å². The van der Waals surface area contributed by atoms with E-state index in [1.54, 1.807) is 0 Å². The number of fused-ring (bicyclic) bond motifs is 1. The maximum atomic E-state index is 12.9. The van der Waals surface area contributed by atoms with Crippen LogP contribution in [-0.4, -0.2) is 28.0 Å². The molecule has 0 radical (unpaired) electrons. The fourth-order valence-corrected chi connectivity index (χ4v) is 2.76. The molecule has 156 valence electrons. The van der Waals surface area contributed by atoms with E-state index in [4.69, 9.17) is 0 Å². The summed E-state index contributed by atoms with van der Waals surface area (Å²) in [6.07, 6.45) is -3.23. The highest BCUT2D eigenvalue weighted by molar-refractivity contribution is 5.94. The van der Waals surface area contributed by atoms with Crippen molar-refractivity contribution in [2.75, 3.05) is 11.9 Å². The average Bonchev–Trinajstić information content (AvgIpc) is 2.68. The van der Waals surface area contributed by atoms with Gasteiger partial charge in [-0.05, 0) is 35.9 Å². The molecule has 30 heavy (non-hydrogen) atoms. The summed E-state index contributed by atoms with van der Waals surface area (Å²) in [4.78, 5) is 39.5. The van der Waals surface area contributed by atoms with Crippen molar-refractivity contribution in [2.24, 2.45) is 0 Å². The minimum absolute atomic E-state index is 0.102. The van der Waals surface area contributed by atoms with Crippen LogP contribution in [0.4, 0.5) is 18.9 Å². The van der Waals surface area contributed by atoms with Crippen LogP contribution in [0.3, 0.4) is 0 Å². The molecule has 0 aliphatic heterocycles. The standard InChI is InChI=1S/C20H16F3N3O4/c1-12(27)30-10-18(28)25-15-5-6-17-16(8-15)19(29)26(11-24-17)9-13-3-2-4-14(7-13)20(21,22)23/h2-8,11H,9-10H2,1H3,(H,25,28). The molecule has 0 saturated heterocycles. The van der Waals surface area contributed by atoms with E-state index in [9.17, 15) is 27.6 Å². The molecule has 0 fully saturated rings. The summed E-state index contributed by atoms with van der Waals surface area (Å²) in [5, 5.41) is 2.67. The summed E-state index contributed by atoms with van der Waals surface area (Å²) < 4.78 is 44.5. The highest BCUT2D eigenvalue weighted by atomic mass is 19.4. The van der Waals surface area contributed by atoms with E-state index in [2.05, 4.69) is 15.0 Å². The van der Waals surface area contributed by atoms with Crippen LogP contribution >= 0.6 is 0 Å². The number of rotatable bonds is 5. The molecular weight excluding hydrogens is 403 g/mol. The van der Waals surface area contributed by atoms with Gasteiger partial charge in [0.1, 0.15) is 0 Å². The van der Waals surface area contributed by atoms with E-state index in [1.165, 1.54) is 48.1 Å². The first-order valence-corrected chi connectivity index (χ1v) is 8.72. The van der Waals surface area contributed by atoms with Crippen molar-refractivity contribution in [2.45, 2.75) is 19.6 Å². The minimum atomic E-state index is -4.48. The van der Waals surface area contributed by atoms with Crippen LogP contribution in [0.1, 0.15) is 18.1 Å². The van der Waals surface area contributed by atoms with Crippen molar-refractivity contribution in [3.8, 4) is 0 Å². The smallest absolute Gasteiger partial charge is 0.416 e. The van der Waals surface area contributed by atoms with Gasteiger partial charge in [-0.2, -0.15) is 13.2 Å². The molecule has 0 aliphatic rings. The molecular formula is C20H16F3N3O4. The summed E-state index contributed by atoms with van der Waals surface area (Å²) in [5.74, 6) is -1.19. The van der Waals surface area contributed by atoms with Gasteiger partial charge in [0.2, 0.25) is 0 Å². The van der Waals surface area contributed by atoms with Crippen LogP contribution in [0, 0.1) is 0 Å². The number of amides is 1. The fraction of sp³-hybridized carbons (Fsp3) is 0.200. The Labute approximate surface area is 168 Å². The molecule has 7 nitrogen and oxygen atoms in total. The first-order chi connectivity index (χ1) is 14.1. The Morgan fingerprint density at radius 2 is 1.93 bits per heavy atom. The molecule has 3 aromatic rings.